The van der Waals surface area contributed by atoms with E-state index in [-0.39, 0.29) is 18.0 Å². The first-order chi connectivity index (χ1) is 8.65. The standard InChI is InChI=1S/C12H16N2O4/c15-11(16)9-1-2-10(5-9)14-12(17)13-6-8-3-4-18-7-8/h3-4,7,9-10H,1-2,5-6H2,(H,15,16)(H2,13,14,17). The number of urea groups is 1. The van der Waals surface area contributed by atoms with Crippen LogP contribution in [0.1, 0.15) is 24.8 Å². The van der Waals surface area contributed by atoms with Crippen molar-refractivity contribution in [2.45, 2.75) is 31.8 Å². The van der Waals surface area contributed by atoms with Gasteiger partial charge < -0.3 is 20.2 Å². The molecule has 98 valence electrons. The molecule has 6 heteroatoms. The monoisotopic (exact) mass is 252 g/mol. The van der Waals surface area contributed by atoms with Crippen LogP contribution >= 0.6 is 0 Å². The highest BCUT2D eigenvalue weighted by Gasteiger charge is 2.30. The van der Waals surface area contributed by atoms with Gasteiger partial charge in [0.05, 0.1) is 18.4 Å². The van der Waals surface area contributed by atoms with E-state index in [1.807, 2.05) is 0 Å². The van der Waals surface area contributed by atoms with Crippen LogP contribution in [0.2, 0.25) is 0 Å². The summed E-state index contributed by atoms with van der Waals surface area (Å²) in [4.78, 5) is 22.3. The highest BCUT2D eigenvalue weighted by atomic mass is 16.4. The summed E-state index contributed by atoms with van der Waals surface area (Å²) < 4.78 is 4.88. The normalized spacial score (nSPS) is 22.7. The van der Waals surface area contributed by atoms with Gasteiger partial charge in [-0.25, -0.2) is 4.79 Å². The quantitative estimate of drug-likeness (QED) is 0.753. The van der Waals surface area contributed by atoms with E-state index in [0.717, 1.165) is 12.0 Å². The molecule has 1 aromatic rings. The molecule has 0 saturated heterocycles. The van der Waals surface area contributed by atoms with Crippen LogP contribution < -0.4 is 10.6 Å². The number of hydrogen-bond acceptors (Lipinski definition) is 3. The van der Waals surface area contributed by atoms with Crippen molar-refractivity contribution in [3.63, 3.8) is 0 Å². The van der Waals surface area contributed by atoms with Gasteiger partial charge in [-0.05, 0) is 25.3 Å². The first kappa shape index (κ1) is 12.5. The molecule has 18 heavy (non-hydrogen) atoms. The molecule has 1 saturated carbocycles. The van der Waals surface area contributed by atoms with Crippen LogP contribution in [0.3, 0.4) is 0 Å². The molecule has 0 radical (unpaired) electrons. The summed E-state index contributed by atoms with van der Waals surface area (Å²) in [6, 6.07) is 1.46. The lowest BCUT2D eigenvalue weighted by Crippen LogP contribution is -2.40. The second-order valence-corrected chi connectivity index (χ2v) is 4.50. The SMILES string of the molecule is O=C(NCc1ccoc1)NC1CCC(C(=O)O)C1. The highest BCUT2D eigenvalue weighted by Crippen LogP contribution is 2.25. The van der Waals surface area contributed by atoms with Crippen LogP contribution in [0.25, 0.3) is 0 Å². The predicted octanol–water partition coefficient (Wildman–Crippen LogP) is 1.33. The number of carboxylic acids is 1. The molecule has 1 aliphatic carbocycles. The molecule has 3 N–H and O–H groups in total. The van der Waals surface area contributed by atoms with Crippen molar-refractivity contribution in [3.8, 4) is 0 Å². The van der Waals surface area contributed by atoms with Crippen molar-refractivity contribution in [3.05, 3.63) is 24.2 Å². The van der Waals surface area contributed by atoms with Gasteiger partial charge in [-0.2, -0.15) is 0 Å². The van der Waals surface area contributed by atoms with E-state index in [0.29, 0.717) is 19.4 Å². The zero-order valence-corrected chi connectivity index (χ0v) is 9.89. The average Bonchev–Trinajstić information content (AvgIpc) is 2.96. The Labute approximate surface area is 104 Å². The first-order valence-electron chi connectivity index (χ1n) is 5.93. The fourth-order valence-electron chi connectivity index (χ4n) is 2.15. The summed E-state index contributed by atoms with van der Waals surface area (Å²) in [7, 11) is 0. The molecule has 2 unspecified atom stereocenters. The molecule has 1 fully saturated rings. The average molecular weight is 252 g/mol. The van der Waals surface area contributed by atoms with Crippen molar-refractivity contribution in [2.75, 3.05) is 0 Å². The van der Waals surface area contributed by atoms with E-state index in [2.05, 4.69) is 10.6 Å². The van der Waals surface area contributed by atoms with Gasteiger partial charge >= 0.3 is 12.0 Å². The smallest absolute Gasteiger partial charge is 0.315 e. The summed E-state index contributed by atoms with van der Waals surface area (Å²) >= 11 is 0. The molecule has 0 spiro atoms. The van der Waals surface area contributed by atoms with Crippen molar-refractivity contribution < 1.29 is 19.1 Å². The molecule has 0 bridgehead atoms. The Bertz CT molecular complexity index is 416. The Balaban J connectivity index is 1.70. The predicted molar refractivity (Wildman–Crippen MR) is 62.8 cm³/mol. The van der Waals surface area contributed by atoms with Crippen LogP contribution in [0.15, 0.2) is 23.0 Å². The minimum atomic E-state index is -0.780. The number of carbonyl (C=O) groups is 2. The first-order valence-corrected chi connectivity index (χ1v) is 5.93. The minimum absolute atomic E-state index is 0.0459. The Morgan fingerprint density at radius 2 is 2.28 bits per heavy atom. The molecule has 1 heterocycles. The van der Waals surface area contributed by atoms with Crippen LogP contribution in [-0.2, 0) is 11.3 Å². The van der Waals surface area contributed by atoms with E-state index in [4.69, 9.17) is 9.52 Å². The van der Waals surface area contributed by atoms with E-state index in [1.54, 1.807) is 18.6 Å². The molecule has 2 rings (SSSR count). The maximum absolute atomic E-state index is 11.6. The van der Waals surface area contributed by atoms with Gasteiger partial charge in [0.2, 0.25) is 0 Å². The molecule has 2 atom stereocenters. The highest BCUT2D eigenvalue weighted by molar-refractivity contribution is 5.75. The zero-order chi connectivity index (χ0) is 13.0. The van der Waals surface area contributed by atoms with Gasteiger partial charge in [-0.1, -0.05) is 0 Å². The fourth-order valence-corrected chi connectivity index (χ4v) is 2.15. The fraction of sp³-hybridized carbons (Fsp3) is 0.500. The zero-order valence-electron chi connectivity index (χ0n) is 9.89. The Morgan fingerprint density at radius 3 is 2.89 bits per heavy atom. The minimum Gasteiger partial charge on any atom is -0.481 e. The van der Waals surface area contributed by atoms with Gasteiger partial charge in [-0.15, -0.1) is 0 Å². The lowest BCUT2D eigenvalue weighted by Gasteiger charge is -2.12. The summed E-state index contributed by atoms with van der Waals surface area (Å²) in [6.07, 6.45) is 4.96. The third-order valence-electron chi connectivity index (χ3n) is 3.15. The van der Waals surface area contributed by atoms with Crippen LogP contribution in [0, 0.1) is 5.92 Å². The number of carboxylic acid groups (broad SMARTS) is 1. The van der Waals surface area contributed by atoms with Crippen molar-refractivity contribution in [2.24, 2.45) is 5.92 Å². The van der Waals surface area contributed by atoms with Crippen LogP contribution in [0.5, 0.6) is 0 Å². The third-order valence-corrected chi connectivity index (χ3v) is 3.15. The van der Waals surface area contributed by atoms with Gasteiger partial charge in [0.15, 0.2) is 0 Å². The molecule has 6 nitrogen and oxygen atoms in total. The van der Waals surface area contributed by atoms with Gasteiger partial charge in [0.1, 0.15) is 0 Å². The third kappa shape index (κ3) is 3.26. The van der Waals surface area contributed by atoms with Gasteiger partial charge in [0.25, 0.3) is 0 Å². The van der Waals surface area contributed by atoms with E-state index < -0.39 is 5.97 Å². The lowest BCUT2D eigenvalue weighted by atomic mass is 10.1. The van der Waals surface area contributed by atoms with Gasteiger partial charge in [-0.3, -0.25) is 4.79 Å². The van der Waals surface area contributed by atoms with Crippen molar-refractivity contribution >= 4 is 12.0 Å². The Hall–Kier alpha value is -1.98. The second-order valence-electron chi connectivity index (χ2n) is 4.50. The summed E-state index contributed by atoms with van der Waals surface area (Å²) in [5.74, 6) is -1.11. The summed E-state index contributed by atoms with van der Waals surface area (Å²) in [5, 5.41) is 14.3. The molecular weight excluding hydrogens is 236 g/mol. The number of carbonyl (C=O) groups excluding carboxylic acids is 1. The van der Waals surface area contributed by atoms with Crippen molar-refractivity contribution in [1.29, 1.82) is 0 Å². The van der Waals surface area contributed by atoms with E-state index >= 15 is 0 Å². The number of furan rings is 1. The summed E-state index contributed by atoms with van der Waals surface area (Å²) in [5.41, 5.74) is 0.889. The maximum atomic E-state index is 11.6. The molecule has 1 aliphatic rings. The number of rotatable bonds is 4. The maximum Gasteiger partial charge on any atom is 0.315 e. The number of hydrogen-bond donors (Lipinski definition) is 3. The molecular formula is C12H16N2O4. The van der Waals surface area contributed by atoms with E-state index in [9.17, 15) is 9.59 Å². The Kier molecular flexibility index (Phi) is 3.86. The number of amides is 2. The Morgan fingerprint density at radius 1 is 1.44 bits per heavy atom. The molecule has 1 aromatic heterocycles. The topological polar surface area (TPSA) is 91.6 Å². The number of nitrogens with one attached hydrogen (secondary N) is 2. The second kappa shape index (κ2) is 5.57. The van der Waals surface area contributed by atoms with Crippen LogP contribution in [-0.4, -0.2) is 23.1 Å². The molecule has 2 amide bonds. The van der Waals surface area contributed by atoms with Crippen LogP contribution in [0.4, 0.5) is 4.79 Å². The van der Waals surface area contributed by atoms with E-state index in [1.165, 1.54) is 0 Å². The molecule has 0 aromatic carbocycles. The summed E-state index contributed by atoms with van der Waals surface area (Å²) in [6.45, 7) is 0.400. The largest absolute Gasteiger partial charge is 0.481 e. The lowest BCUT2D eigenvalue weighted by molar-refractivity contribution is -0.141. The number of aliphatic carboxylic acids is 1. The van der Waals surface area contributed by atoms with Gasteiger partial charge in [0, 0.05) is 18.2 Å². The molecule has 0 aliphatic heterocycles. The van der Waals surface area contributed by atoms with Crippen molar-refractivity contribution in [1.82, 2.24) is 10.6 Å².